The predicted octanol–water partition coefficient (Wildman–Crippen LogP) is 3.71. The van der Waals surface area contributed by atoms with Crippen molar-refractivity contribution >= 4 is 49.1 Å². The summed E-state index contributed by atoms with van der Waals surface area (Å²) in [4.78, 5) is 4.15. The Morgan fingerprint density at radius 3 is 3.09 bits per heavy atom. The Morgan fingerprint density at radius 2 is 2.27 bits per heavy atom. The Hall–Kier alpha value is -0.120. The van der Waals surface area contributed by atoms with E-state index in [4.69, 9.17) is 11.6 Å². The van der Waals surface area contributed by atoms with Gasteiger partial charge in [-0.1, -0.05) is 11.6 Å². The van der Waals surface area contributed by atoms with E-state index in [2.05, 4.69) is 20.9 Å². The van der Waals surface area contributed by atoms with Gasteiger partial charge >= 0.3 is 0 Å². The lowest BCUT2D eigenvalue weighted by Crippen LogP contribution is -1.69. The number of aromatic nitrogens is 1. The number of thiazole rings is 1. The van der Waals surface area contributed by atoms with Gasteiger partial charge in [-0.05, 0) is 28.1 Å². The summed E-state index contributed by atoms with van der Waals surface area (Å²) in [5.41, 5.74) is 2.80. The van der Waals surface area contributed by atoms with Gasteiger partial charge in [-0.3, -0.25) is 0 Å². The number of hydrogen-bond acceptors (Lipinski definition) is 2. The fourth-order valence-electron chi connectivity index (χ4n) is 0.853. The molecule has 0 atom stereocenters. The van der Waals surface area contributed by atoms with E-state index in [1.165, 1.54) is 0 Å². The summed E-state index contributed by atoms with van der Waals surface area (Å²) in [5, 5.41) is 0.738. The summed E-state index contributed by atoms with van der Waals surface area (Å²) in [7, 11) is 0. The third-order valence-electron chi connectivity index (χ3n) is 1.37. The third-order valence-corrected chi connectivity index (χ3v) is 3.36. The van der Waals surface area contributed by atoms with Crippen molar-refractivity contribution in [3.8, 4) is 0 Å². The lowest BCUT2D eigenvalue weighted by Gasteiger charge is -1.93. The van der Waals surface area contributed by atoms with Crippen LogP contribution in [0.3, 0.4) is 0 Å². The maximum absolute atomic E-state index is 5.88. The van der Waals surface area contributed by atoms with Gasteiger partial charge in [-0.2, -0.15) is 0 Å². The first-order chi connectivity index (χ1) is 5.27. The molecule has 0 saturated carbocycles. The molecule has 1 nitrogen and oxygen atoms in total. The van der Waals surface area contributed by atoms with Crippen LogP contribution in [0.15, 0.2) is 22.1 Å². The summed E-state index contributed by atoms with van der Waals surface area (Å²) in [6, 6.07) is 3.84. The molecule has 0 bridgehead atoms. The topological polar surface area (TPSA) is 12.9 Å². The van der Waals surface area contributed by atoms with Gasteiger partial charge in [0.1, 0.15) is 0 Å². The standard InChI is InChI=1S/C7H3BrClNS/c8-4-1-6-7(2-5(4)9)11-3-10-6/h1-3H. The normalized spacial score (nSPS) is 10.7. The maximum atomic E-state index is 5.88. The van der Waals surface area contributed by atoms with E-state index in [0.29, 0.717) is 0 Å². The van der Waals surface area contributed by atoms with E-state index in [9.17, 15) is 0 Å². The summed E-state index contributed by atoms with van der Waals surface area (Å²) in [5.74, 6) is 0. The highest BCUT2D eigenvalue weighted by Gasteiger charge is 2.01. The first kappa shape index (κ1) is 7.53. The van der Waals surface area contributed by atoms with Crippen LogP contribution in [0.4, 0.5) is 0 Å². The second-order valence-corrected chi connectivity index (χ2v) is 4.23. The quantitative estimate of drug-likeness (QED) is 0.692. The minimum Gasteiger partial charge on any atom is -0.245 e. The lowest BCUT2D eigenvalue weighted by molar-refractivity contribution is 1.49. The molecular weight excluding hydrogens is 246 g/mol. The Bertz CT molecular complexity index is 362. The highest BCUT2D eigenvalue weighted by molar-refractivity contribution is 9.10. The molecule has 0 aliphatic heterocycles. The van der Waals surface area contributed by atoms with Gasteiger partial charge in [0.15, 0.2) is 0 Å². The van der Waals surface area contributed by atoms with Crippen molar-refractivity contribution in [3.63, 3.8) is 0 Å². The van der Waals surface area contributed by atoms with Gasteiger partial charge in [0.2, 0.25) is 0 Å². The average molecular weight is 249 g/mol. The molecule has 0 amide bonds. The number of rotatable bonds is 0. The summed E-state index contributed by atoms with van der Waals surface area (Å²) < 4.78 is 2.02. The van der Waals surface area contributed by atoms with Crippen molar-refractivity contribution in [2.45, 2.75) is 0 Å². The fourth-order valence-corrected chi connectivity index (χ4v) is 2.11. The monoisotopic (exact) mass is 247 g/mol. The second-order valence-electron chi connectivity index (χ2n) is 2.09. The molecule has 1 aromatic carbocycles. The summed E-state index contributed by atoms with van der Waals surface area (Å²) in [6.07, 6.45) is 0. The number of benzene rings is 1. The van der Waals surface area contributed by atoms with Crippen molar-refractivity contribution in [2.75, 3.05) is 0 Å². The van der Waals surface area contributed by atoms with Crippen LogP contribution >= 0.6 is 38.9 Å². The SMILES string of the molecule is Clc1cc2scnc2cc1Br. The summed E-state index contributed by atoms with van der Waals surface area (Å²) in [6.45, 7) is 0. The molecule has 4 heteroatoms. The molecule has 0 aliphatic rings. The van der Waals surface area contributed by atoms with E-state index in [1.54, 1.807) is 11.3 Å². The maximum Gasteiger partial charge on any atom is 0.0824 e. The van der Waals surface area contributed by atoms with E-state index >= 15 is 0 Å². The third kappa shape index (κ3) is 1.28. The molecule has 0 N–H and O–H groups in total. The summed E-state index contributed by atoms with van der Waals surface area (Å²) >= 11 is 10.8. The van der Waals surface area contributed by atoms with Gasteiger partial charge in [-0.25, -0.2) is 4.98 Å². The Balaban J connectivity index is 2.86. The van der Waals surface area contributed by atoms with Crippen LogP contribution in [0.5, 0.6) is 0 Å². The predicted molar refractivity (Wildman–Crippen MR) is 52.3 cm³/mol. The molecule has 0 aliphatic carbocycles. The van der Waals surface area contributed by atoms with Gasteiger partial charge < -0.3 is 0 Å². The van der Waals surface area contributed by atoms with Crippen molar-refractivity contribution in [1.29, 1.82) is 0 Å². The minimum absolute atomic E-state index is 0.738. The van der Waals surface area contributed by atoms with Gasteiger partial charge in [-0.15, -0.1) is 11.3 Å². The minimum atomic E-state index is 0.738. The van der Waals surface area contributed by atoms with Crippen LogP contribution in [-0.2, 0) is 0 Å². The van der Waals surface area contributed by atoms with Crippen LogP contribution < -0.4 is 0 Å². The number of nitrogens with zero attached hydrogens (tertiary/aromatic N) is 1. The lowest BCUT2D eigenvalue weighted by atomic mass is 10.3. The Morgan fingerprint density at radius 1 is 1.45 bits per heavy atom. The van der Waals surface area contributed by atoms with Crippen molar-refractivity contribution in [1.82, 2.24) is 4.98 Å². The second kappa shape index (κ2) is 2.73. The Labute approximate surface area is 81.1 Å². The molecule has 11 heavy (non-hydrogen) atoms. The zero-order valence-corrected chi connectivity index (χ0v) is 8.50. The first-order valence-corrected chi connectivity index (χ1v) is 5.00. The number of halogens is 2. The molecule has 2 aromatic rings. The molecule has 0 spiro atoms. The fraction of sp³-hybridized carbons (Fsp3) is 0. The van der Waals surface area contributed by atoms with E-state index in [1.807, 2.05) is 17.6 Å². The first-order valence-electron chi connectivity index (χ1n) is 2.95. The van der Waals surface area contributed by atoms with Crippen LogP contribution in [0.25, 0.3) is 10.2 Å². The Kier molecular flexibility index (Phi) is 1.87. The molecule has 1 aromatic heterocycles. The molecule has 56 valence electrons. The smallest absolute Gasteiger partial charge is 0.0824 e. The molecule has 2 rings (SSSR count). The van der Waals surface area contributed by atoms with Gasteiger partial charge in [0.05, 0.1) is 20.7 Å². The molecule has 1 heterocycles. The largest absolute Gasteiger partial charge is 0.245 e. The number of hydrogen-bond donors (Lipinski definition) is 0. The van der Waals surface area contributed by atoms with Crippen LogP contribution in [0, 0.1) is 0 Å². The molecular formula is C7H3BrClNS. The zero-order chi connectivity index (χ0) is 7.84. The van der Waals surface area contributed by atoms with Crippen molar-refractivity contribution in [2.24, 2.45) is 0 Å². The number of fused-ring (bicyclic) bond motifs is 1. The highest BCUT2D eigenvalue weighted by atomic mass is 79.9. The van der Waals surface area contributed by atoms with Gasteiger partial charge in [0, 0.05) is 4.47 Å². The van der Waals surface area contributed by atoms with E-state index in [0.717, 1.165) is 19.7 Å². The van der Waals surface area contributed by atoms with E-state index in [-0.39, 0.29) is 0 Å². The molecule has 0 radical (unpaired) electrons. The van der Waals surface area contributed by atoms with Crippen molar-refractivity contribution in [3.05, 3.63) is 27.1 Å². The van der Waals surface area contributed by atoms with Crippen LogP contribution in [-0.4, -0.2) is 4.98 Å². The van der Waals surface area contributed by atoms with Gasteiger partial charge in [0.25, 0.3) is 0 Å². The highest BCUT2D eigenvalue weighted by Crippen LogP contribution is 2.29. The zero-order valence-electron chi connectivity index (χ0n) is 5.34. The average Bonchev–Trinajstić information content (AvgIpc) is 2.36. The van der Waals surface area contributed by atoms with Crippen molar-refractivity contribution < 1.29 is 0 Å². The van der Waals surface area contributed by atoms with Crippen LogP contribution in [0.2, 0.25) is 5.02 Å². The molecule has 0 unspecified atom stereocenters. The molecule has 0 saturated heterocycles. The molecule has 0 fully saturated rings. The van der Waals surface area contributed by atoms with Crippen LogP contribution in [0.1, 0.15) is 0 Å². The van der Waals surface area contributed by atoms with E-state index < -0.39 is 0 Å².